The maximum absolute atomic E-state index is 13.2. The Bertz CT molecular complexity index is 1080. The lowest BCUT2D eigenvalue weighted by atomic mass is 9.95. The zero-order valence-corrected chi connectivity index (χ0v) is 18.6. The molecule has 1 aliphatic carbocycles. The van der Waals surface area contributed by atoms with E-state index in [0.29, 0.717) is 10.7 Å². The number of carbonyl (C=O) groups excluding carboxylic acids is 1. The second kappa shape index (κ2) is 8.65. The predicted octanol–water partition coefficient (Wildman–Crippen LogP) is 6.18. The van der Waals surface area contributed by atoms with E-state index in [1.165, 1.54) is 19.3 Å². The van der Waals surface area contributed by atoms with Gasteiger partial charge in [-0.3, -0.25) is 4.79 Å². The van der Waals surface area contributed by atoms with Crippen LogP contribution in [-0.4, -0.2) is 21.7 Å². The molecule has 2 aromatic carbocycles. The molecule has 0 radical (unpaired) electrons. The molecule has 0 bridgehead atoms. The van der Waals surface area contributed by atoms with E-state index >= 15 is 0 Å². The zero-order valence-electron chi connectivity index (χ0n) is 17.8. The number of amides is 1. The molecule has 0 saturated heterocycles. The van der Waals surface area contributed by atoms with Crippen molar-refractivity contribution in [1.82, 2.24) is 15.1 Å². The maximum Gasteiger partial charge on any atom is 0.272 e. The monoisotopic (exact) mass is 421 g/mol. The summed E-state index contributed by atoms with van der Waals surface area (Å²) in [6.07, 6.45) is 5.71. The summed E-state index contributed by atoms with van der Waals surface area (Å²) in [7, 11) is 0. The molecule has 1 aliphatic rings. The van der Waals surface area contributed by atoms with Crippen molar-refractivity contribution >= 4 is 17.5 Å². The van der Waals surface area contributed by atoms with Gasteiger partial charge in [0, 0.05) is 22.2 Å². The van der Waals surface area contributed by atoms with Crippen LogP contribution in [0, 0.1) is 20.8 Å². The molecule has 0 atom stereocenters. The fraction of sp³-hybridized carbons (Fsp3) is 0.360. The maximum atomic E-state index is 13.2. The normalized spacial score (nSPS) is 14.7. The minimum atomic E-state index is -0.0837. The number of aromatic nitrogens is 2. The van der Waals surface area contributed by atoms with Gasteiger partial charge in [0.15, 0.2) is 5.69 Å². The smallest absolute Gasteiger partial charge is 0.272 e. The molecule has 1 aromatic heterocycles. The van der Waals surface area contributed by atoms with Crippen LogP contribution < -0.4 is 5.32 Å². The predicted molar refractivity (Wildman–Crippen MR) is 123 cm³/mol. The minimum absolute atomic E-state index is 0.0837. The number of hydrogen-bond donors (Lipinski definition) is 1. The van der Waals surface area contributed by atoms with Crippen molar-refractivity contribution in [2.45, 2.75) is 58.9 Å². The van der Waals surface area contributed by atoms with E-state index < -0.39 is 0 Å². The molecule has 1 saturated carbocycles. The number of carbonyl (C=O) groups is 1. The molecule has 30 heavy (non-hydrogen) atoms. The highest BCUT2D eigenvalue weighted by Crippen LogP contribution is 2.32. The first-order valence-electron chi connectivity index (χ1n) is 10.7. The van der Waals surface area contributed by atoms with Crippen molar-refractivity contribution in [2.75, 3.05) is 0 Å². The average molecular weight is 422 g/mol. The molecule has 4 rings (SSSR count). The van der Waals surface area contributed by atoms with Crippen LogP contribution in [0.25, 0.3) is 16.9 Å². The van der Waals surface area contributed by atoms with Gasteiger partial charge in [0.05, 0.1) is 11.4 Å². The third-order valence-electron chi connectivity index (χ3n) is 6.06. The second-order valence-corrected chi connectivity index (χ2v) is 8.72. The molecule has 1 amide bonds. The molecule has 0 unspecified atom stereocenters. The highest BCUT2D eigenvalue weighted by molar-refractivity contribution is 6.30. The lowest BCUT2D eigenvalue weighted by Gasteiger charge is -2.22. The van der Waals surface area contributed by atoms with E-state index in [4.69, 9.17) is 16.7 Å². The van der Waals surface area contributed by atoms with Crippen molar-refractivity contribution in [3.05, 3.63) is 69.9 Å². The van der Waals surface area contributed by atoms with Crippen LogP contribution >= 0.6 is 11.6 Å². The van der Waals surface area contributed by atoms with Gasteiger partial charge in [-0.25, -0.2) is 4.68 Å². The van der Waals surface area contributed by atoms with Crippen LogP contribution in [0.4, 0.5) is 0 Å². The second-order valence-electron chi connectivity index (χ2n) is 8.29. The SMILES string of the molecule is Cc1ccccc1-c1c(C)c(C(=O)NC2CCCCC2)nn1-c1ccc(Cl)cc1C. The Morgan fingerprint density at radius 2 is 1.77 bits per heavy atom. The summed E-state index contributed by atoms with van der Waals surface area (Å²) < 4.78 is 1.90. The van der Waals surface area contributed by atoms with Crippen LogP contribution in [0.3, 0.4) is 0 Å². The van der Waals surface area contributed by atoms with Gasteiger partial charge in [-0.1, -0.05) is 55.1 Å². The van der Waals surface area contributed by atoms with Gasteiger partial charge in [0.1, 0.15) is 0 Å². The number of nitrogens with one attached hydrogen (secondary N) is 1. The van der Waals surface area contributed by atoms with Crippen molar-refractivity contribution in [3.63, 3.8) is 0 Å². The summed E-state index contributed by atoms with van der Waals surface area (Å²) >= 11 is 6.19. The number of rotatable bonds is 4. The van der Waals surface area contributed by atoms with Crippen molar-refractivity contribution < 1.29 is 4.79 Å². The van der Waals surface area contributed by atoms with Crippen molar-refractivity contribution in [3.8, 4) is 16.9 Å². The van der Waals surface area contributed by atoms with Gasteiger partial charge in [0.25, 0.3) is 5.91 Å². The van der Waals surface area contributed by atoms with Crippen molar-refractivity contribution in [2.24, 2.45) is 0 Å². The van der Waals surface area contributed by atoms with Gasteiger partial charge in [-0.05, 0) is 62.9 Å². The molecule has 1 fully saturated rings. The summed E-state index contributed by atoms with van der Waals surface area (Å²) in [5.74, 6) is -0.0837. The van der Waals surface area contributed by atoms with E-state index in [9.17, 15) is 4.79 Å². The highest BCUT2D eigenvalue weighted by atomic mass is 35.5. The quantitative estimate of drug-likeness (QED) is 0.546. The summed E-state index contributed by atoms with van der Waals surface area (Å²) in [5.41, 5.74) is 6.50. The summed E-state index contributed by atoms with van der Waals surface area (Å²) in [6, 6.07) is 14.2. The van der Waals surface area contributed by atoms with Crippen LogP contribution in [0.15, 0.2) is 42.5 Å². The first kappa shape index (κ1) is 20.7. The van der Waals surface area contributed by atoms with Crippen molar-refractivity contribution in [1.29, 1.82) is 0 Å². The molecule has 1 heterocycles. The Labute approximate surface area is 183 Å². The standard InChI is InChI=1S/C25H28ClN3O/c1-16-9-7-8-12-21(16)24-18(3)23(25(30)27-20-10-5-4-6-11-20)28-29(24)22-14-13-19(26)15-17(22)2/h7-9,12-15,20H,4-6,10-11H2,1-3H3,(H,27,30). The molecular weight excluding hydrogens is 394 g/mol. The van der Waals surface area contributed by atoms with E-state index in [2.05, 4.69) is 24.4 Å². The van der Waals surface area contributed by atoms with Crippen LogP contribution in [0.1, 0.15) is 59.3 Å². The molecule has 156 valence electrons. The lowest BCUT2D eigenvalue weighted by Crippen LogP contribution is -2.36. The molecular formula is C25H28ClN3O. The lowest BCUT2D eigenvalue weighted by molar-refractivity contribution is 0.0921. The molecule has 1 N–H and O–H groups in total. The van der Waals surface area contributed by atoms with E-state index in [1.807, 2.05) is 48.9 Å². The van der Waals surface area contributed by atoms with Crippen LogP contribution in [0.2, 0.25) is 5.02 Å². The fourth-order valence-corrected chi connectivity index (χ4v) is 4.62. The third kappa shape index (κ3) is 4.01. The number of aryl methyl sites for hydroxylation is 2. The molecule has 4 nitrogen and oxygen atoms in total. The Hall–Kier alpha value is -2.59. The molecule has 0 spiro atoms. The Kier molecular flexibility index (Phi) is 5.96. The van der Waals surface area contributed by atoms with E-state index in [1.54, 1.807) is 0 Å². The molecule has 3 aromatic rings. The summed E-state index contributed by atoms with van der Waals surface area (Å²) in [6.45, 7) is 6.09. The highest BCUT2D eigenvalue weighted by Gasteiger charge is 2.25. The third-order valence-corrected chi connectivity index (χ3v) is 6.30. The number of hydrogen-bond acceptors (Lipinski definition) is 2. The largest absolute Gasteiger partial charge is 0.348 e. The topological polar surface area (TPSA) is 46.9 Å². The van der Waals surface area contributed by atoms with Gasteiger partial charge < -0.3 is 5.32 Å². The van der Waals surface area contributed by atoms with Gasteiger partial charge in [0.2, 0.25) is 0 Å². The first-order chi connectivity index (χ1) is 14.5. The first-order valence-corrected chi connectivity index (χ1v) is 11.1. The Morgan fingerprint density at radius 3 is 2.47 bits per heavy atom. The summed E-state index contributed by atoms with van der Waals surface area (Å²) in [4.78, 5) is 13.2. The Balaban J connectivity index is 1.83. The number of nitrogens with zero attached hydrogens (tertiary/aromatic N) is 2. The molecule has 0 aliphatic heterocycles. The number of halogens is 1. The average Bonchev–Trinajstić information content (AvgIpc) is 3.06. The Morgan fingerprint density at radius 1 is 1.03 bits per heavy atom. The summed E-state index contributed by atoms with van der Waals surface area (Å²) in [5, 5.41) is 8.72. The van der Waals surface area contributed by atoms with Crippen LogP contribution in [-0.2, 0) is 0 Å². The zero-order chi connectivity index (χ0) is 21.3. The van der Waals surface area contributed by atoms with Gasteiger partial charge >= 0.3 is 0 Å². The number of benzene rings is 2. The minimum Gasteiger partial charge on any atom is -0.348 e. The van der Waals surface area contributed by atoms with Gasteiger partial charge in [-0.15, -0.1) is 0 Å². The van der Waals surface area contributed by atoms with E-state index in [0.717, 1.165) is 46.5 Å². The molecule has 5 heteroatoms. The van der Waals surface area contributed by atoms with Crippen LogP contribution in [0.5, 0.6) is 0 Å². The van der Waals surface area contributed by atoms with E-state index in [-0.39, 0.29) is 11.9 Å². The fourth-order valence-electron chi connectivity index (χ4n) is 4.40. The van der Waals surface area contributed by atoms with Gasteiger partial charge in [-0.2, -0.15) is 5.10 Å².